The second kappa shape index (κ2) is 5.04. The summed E-state index contributed by atoms with van der Waals surface area (Å²) in [7, 11) is 1.56. The van der Waals surface area contributed by atoms with Gasteiger partial charge in [0.05, 0.1) is 12.0 Å². The molecule has 1 heterocycles. The van der Waals surface area contributed by atoms with Crippen molar-refractivity contribution in [3.05, 3.63) is 0 Å². The fraction of sp³-hybridized carbons (Fsp3) is 0.833. The Morgan fingerprint density at radius 2 is 2.12 bits per heavy atom. The van der Waals surface area contributed by atoms with Crippen molar-refractivity contribution in [2.24, 2.45) is 5.41 Å². The molecule has 0 N–H and O–H groups in total. The van der Waals surface area contributed by atoms with Crippen LogP contribution in [0.3, 0.4) is 0 Å². The van der Waals surface area contributed by atoms with Crippen molar-refractivity contribution in [2.75, 3.05) is 26.8 Å². The molecule has 0 radical (unpaired) electrons. The molecule has 1 atom stereocenters. The predicted octanol–water partition coefficient (Wildman–Crippen LogP) is 1.46. The van der Waals surface area contributed by atoms with E-state index in [1.165, 1.54) is 0 Å². The van der Waals surface area contributed by atoms with E-state index in [2.05, 4.69) is 0 Å². The van der Waals surface area contributed by atoms with Gasteiger partial charge in [0.25, 0.3) is 0 Å². The largest absolute Gasteiger partial charge is 0.444 e. The third kappa shape index (κ3) is 3.70. The molecule has 0 spiro atoms. The molecule has 1 amide bonds. The quantitative estimate of drug-likeness (QED) is 0.704. The zero-order valence-corrected chi connectivity index (χ0v) is 11.0. The van der Waals surface area contributed by atoms with Gasteiger partial charge < -0.3 is 19.2 Å². The molecule has 0 aromatic carbocycles. The molecular weight excluding hydrogens is 222 g/mol. The lowest BCUT2D eigenvalue weighted by Crippen LogP contribution is -2.38. The minimum atomic E-state index is -0.564. The van der Waals surface area contributed by atoms with Crippen LogP contribution in [0.25, 0.3) is 0 Å². The van der Waals surface area contributed by atoms with Gasteiger partial charge in [0.1, 0.15) is 11.9 Å². The minimum absolute atomic E-state index is 0.343. The summed E-state index contributed by atoms with van der Waals surface area (Å²) < 4.78 is 10.3. The van der Waals surface area contributed by atoms with E-state index in [-0.39, 0.29) is 6.09 Å². The van der Waals surface area contributed by atoms with Crippen molar-refractivity contribution in [1.29, 1.82) is 0 Å². The van der Waals surface area contributed by atoms with E-state index in [4.69, 9.17) is 9.47 Å². The van der Waals surface area contributed by atoms with Crippen LogP contribution in [0.1, 0.15) is 27.2 Å². The van der Waals surface area contributed by atoms with E-state index in [0.29, 0.717) is 26.1 Å². The number of aldehydes is 1. The van der Waals surface area contributed by atoms with Crippen LogP contribution in [0, 0.1) is 5.41 Å². The summed E-state index contributed by atoms with van der Waals surface area (Å²) >= 11 is 0. The summed E-state index contributed by atoms with van der Waals surface area (Å²) in [5, 5.41) is 0. The van der Waals surface area contributed by atoms with Gasteiger partial charge in [0.15, 0.2) is 0 Å². The number of ether oxygens (including phenoxy) is 2. The number of likely N-dealkylation sites (tertiary alicyclic amines) is 1. The number of rotatable bonds is 3. The molecule has 98 valence electrons. The number of methoxy groups -OCH3 is 1. The van der Waals surface area contributed by atoms with Crippen LogP contribution in [0.15, 0.2) is 0 Å². The molecule has 1 unspecified atom stereocenters. The number of carbonyl (C=O) groups excluding carboxylic acids is 2. The summed E-state index contributed by atoms with van der Waals surface area (Å²) in [4.78, 5) is 24.5. The monoisotopic (exact) mass is 243 g/mol. The molecule has 0 aliphatic carbocycles. The maximum atomic E-state index is 11.8. The lowest BCUT2D eigenvalue weighted by atomic mass is 9.90. The first-order valence-corrected chi connectivity index (χ1v) is 5.75. The number of nitrogens with zero attached hydrogens (tertiary/aromatic N) is 1. The first-order chi connectivity index (χ1) is 7.82. The molecule has 17 heavy (non-hydrogen) atoms. The fourth-order valence-corrected chi connectivity index (χ4v) is 1.91. The van der Waals surface area contributed by atoms with Crippen molar-refractivity contribution in [3.63, 3.8) is 0 Å². The molecule has 1 saturated heterocycles. The van der Waals surface area contributed by atoms with Gasteiger partial charge in [-0.1, -0.05) is 0 Å². The van der Waals surface area contributed by atoms with Crippen molar-refractivity contribution in [3.8, 4) is 0 Å². The number of carbonyl (C=O) groups is 2. The van der Waals surface area contributed by atoms with Crippen LogP contribution in [-0.4, -0.2) is 49.7 Å². The summed E-state index contributed by atoms with van der Waals surface area (Å²) in [5.41, 5.74) is -1.07. The SMILES string of the molecule is COCC1(C=O)CCN(C(=O)OC(C)(C)C)C1. The Hall–Kier alpha value is -1.10. The van der Waals surface area contributed by atoms with E-state index >= 15 is 0 Å². The summed E-state index contributed by atoms with van der Waals surface area (Å²) in [6.07, 6.45) is 1.15. The van der Waals surface area contributed by atoms with E-state index in [9.17, 15) is 9.59 Å². The van der Waals surface area contributed by atoms with Gasteiger partial charge >= 0.3 is 6.09 Å². The Balaban J connectivity index is 2.60. The third-order valence-corrected chi connectivity index (χ3v) is 2.72. The van der Waals surface area contributed by atoms with E-state index in [1.54, 1.807) is 12.0 Å². The van der Waals surface area contributed by atoms with E-state index < -0.39 is 11.0 Å². The van der Waals surface area contributed by atoms with E-state index in [1.807, 2.05) is 20.8 Å². The average Bonchev–Trinajstić information content (AvgIpc) is 2.61. The fourth-order valence-electron chi connectivity index (χ4n) is 1.91. The molecule has 0 saturated carbocycles. The number of hydrogen-bond donors (Lipinski definition) is 0. The van der Waals surface area contributed by atoms with Crippen molar-refractivity contribution in [2.45, 2.75) is 32.8 Å². The Morgan fingerprint density at radius 3 is 2.59 bits per heavy atom. The molecule has 5 nitrogen and oxygen atoms in total. The van der Waals surface area contributed by atoms with Gasteiger partial charge in [-0.15, -0.1) is 0 Å². The van der Waals surface area contributed by atoms with Crippen molar-refractivity contribution in [1.82, 2.24) is 4.90 Å². The minimum Gasteiger partial charge on any atom is -0.444 e. The predicted molar refractivity (Wildman–Crippen MR) is 62.8 cm³/mol. The zero-order valence-electron chi connectivity index (χ0n) is 11.0. The molecule has 1 rings (SSSR count). The normalized spacial score (nSPS) is 24.8. The average molecular weight is 243 g/mol. The van der Waals surface area contributed by atoms with Crippen LogP contribution in [0.2, 0.25) is 0 Å². The maximum Gasteiger partial charge on any atom is 0.410 e. The second-order valence-corrected chi connectivity index (χ2v) is 5.57. The van der Waals surface area contributed by atoms with Gasteiger partial charge in [0.2, 0.25) is 0 Å². The molecule has 1 aliphatic rings. The Morgan fingerprint density at radius 1 is 1.47 bits per heavy atom. The topological polar surface area (TPSA) is 55.8 Å². The molecular formula is C12H21NO4. The van der Waals surface area contributed by atoms with Crippen LogP contribution in [0.5, 0.6) is 0 Å². The molecule has 0 bridgehead atoms. The molecule has 5 heteroatoms. The maximum absolute atomic E-state index is 11.8. The van der Waals surface area contributed by atoms with Crippen molar-refractivity contribution < 1.29 is 19.1 Å². The Kier molecular flexibility index (Phi) is 4.14. The molecule has 1 fully saturated rings. The van der Waals surface area contributed by atoms with Gasteiger partial charge in [-0.05, 0) is 27.2 Å². The smallest absolute Gasteiger partial charge is 0.410 e. The molecule has 0 aromatic rings. The Labute approximate surface area is 102 Å². The van der Waals surface area contributed by atoms with Crippen LogP contribution >= 0.6 is 0 Å². The highest BCUT2D eigenvalue weighted by Gasteiger charge is 2.41. The van der Waals surface area contributed by atoms with Crippen LogP contribution in [0.4, 0.5) is 4.79 Å². The van der Waals surface area contributed by atoms with Crippen LogP contribution in [-0.2, 0) is 14.3 Å². The van der Waals surface area contributed by atoms with Gasteiger partial charge in [-0.2, -0.15) is 0 Å². The highest BCUT2D eigenvalue weighted by atomic mass is 16.6. The summed E-state index contributed by atoms with van der Waals surface area (Å²) in [6.45, 7) is 6.72. The lowest BCUT2D eigenvalue weighted by Gasteiger charge is -2.26. The van der Waals surface area contributed by atoms with Gasteiger partial charge in [0, 0.05) is 20.2 Å². The zero-order chi connectivity index (χ0) is 13.1. The number of amides is 1. The summed E-state index contributed by atoms with van der Waals surface area (Å²) in [6, 6.07) is 0. The standard InChI is InChI=1S/C12H21NO4/c1-11(2,3)17-10(15)13-6-5-12(7-13,8-14)9-16-4/h8H,5-7,9H2,1-4H3. The first-order valence-electron chi connectivity index (χ1n) is 5.75. The Bertz CT molecular complexity index is 297. The highest BCUT2D eigenvalue weighted by molar-refractivity contribution is 5.71. The third-order valence-electron chi connectivity index (χ3n) is 2.72. The van der Waals surface area contributed by atoms with Gasteiger partial charge in [-0.25, -0.2) is 4.79 Å². The first kappa shape index (κ1) is 14.0. The summed E-state index contributed by atoms with van der Waals surface area (Å²) in [5.74, 6) is 0. The molecule has 0 aromatic heterocycles. The van der Waals surface area contributed by atoms with E-state index in [0.717, 1.165) is 6.29 Å². The second-order valence-electron chi connectivity index (χ2n) is 5.57. The van der Waals surface area contributed by atoms with Gasteiger partial charge in [-0.3, -0.25) is 0 Å². The lowest BCUT2D eigenvalue weighted by molar-refractivity contribution is -0.118. The number of hydrogen-bond acceptors (Lipinski definition) is 4. The molecule has 1 aliphatic heterocycles. The van der Waals surface area contributed by atoms with Crippen LogP contribution < -0.4 is 0 Å². The highest BCUT2D eigenvalue weighted by Crippen LogP contribution is 2.29. The van der Waals surface area contributed by atoms with Crippen molar-refractivity contribution >= 4 is 12.4 Å².